The van der Waals surface area contributed by atoms with Crippen LogP contribution in [0.15, 0.2) is 46.8 Å². The van der Waals surface area contributed by atoms with Crippen LogP contribution in [0.5, 0.6) is 0 Å². The molecule has 0 bridgehead atoms. The van der Waals surface area contributed by atoms with Gasteiger partial charge >= 0.3 is 17.9 Å². The van der Waals surface area contributed by atoms with Crippen LogP contribution in [-0.2, 0) is 33.4 Å². The molecule has 9 nitrogen and oxygen atoms in total. The van der Waals surface area contributed by atoms with Crippen molar-refractivity contribution in [1.29, 1.82) is 0 Å². The third-order valence-corrected chi connectivity index (χ3v) is 4.63. The fourth-order valence-corrected chi connectivity index (χ4v) is 3.33. The van der Waals surface area contributed by atoms with E-state index in [1.54, 1.807) is 45.9 Å². The predicted octanol–water partition coefficient (Wildman–Crippen LogP) is 2.37. The molecule has 1 aliphatic rings. The number of rotatable bonds is 8. The summed E-state index contributed by atoms with van der Waals surface area (Å²) in [5.74, 6) is -4.41. The van der Waals surface area contributed by atoms with E-state index in [1.165, 1.54) is 0 Å². The molecule has 32 heavy (non-hydrogen) atoms. The summed E-state index contributed by atoms with van der Waals surface area (Å²) in [5.41, 5.74) is 2.07. The van der Waals surface area contributed by atoms with E-state index >= 15 is 0 Å². The molecular formula is C23H28N2O7. The Morgan fingerprint density at radius 3 is 1.97 bits per heavy atom. The first-order valence-electron chi connectivity index (χ1n) is 10.3. The van der Waals surface area contributed by atoms with Crippen molar-refractivity contribution in [3.63, 3.8) is 0 Å². The van der Waals surface area contributed by atoms with E-state index in [0.717, 1.165) is 5.56 Å². The maximum atomic E-state index is 13.0. The highest BCUT2D eigenvalue weighted by atomic mass is 16.5. The van der Waals surface area contributed by atoms with Gasteiger partial charge in [-0.25, -0.2) is 9.59 Å². The van der Waals surface area contributed by atoms with Gasteiger partial charge in [0, 0.05) is 17.1 Å². The van der Waals surface area contributed by atoms with Gasteiger partial charge in [-0.1, -0.05) is 12.1 Å². The molecule has 9 heteroatoms. The average molecular weight is 444 g/mol. The second-order valence-electron chi connectivity index (χ2n) is 7.10. The number of amides is 1. The van der Waals surface area contributed by atoms with Crippen molar-refractivity contribution < 1.29 is 33.4 Å². The highest BCUT2D eigenvalue weighted by Gasteiger charge is 2.42. The number of carbonyl (C=O) groups is 4. The normalized spacial score (nSPS) is 13.9. The third kappa shape index (κ3) is 5.96. The van der Waals surface area contributed by atoms with Gasteiger partial charge in [0.2, 0.25) is 0 Å². The van der Waals surface area contributed by atoms with Gasteiger partial charge in [0.15, 0.2) is 6.61 Å². The van der Waals surface area contributed by atoms with Crippen LogP contribution in [-0.4, -0.2) is 43.6 Å². The topological polar surface area (TPSA) is 120 Å². The number of carbonyl (C=O) groups excluding carboxylic acids is 4. The summed E-state index contributed by atoms with van der Waals surface area (Å²) in [7, 11) is 0. The molecular weight excluding hydrogens is 416 g/mol. The smallest absolute Gasteiger partial charge is 0.337 e. The highest BCUT2D eigenvalue weighted by Crippen LogP contribution is 2.32. The largest absolute Gasteiger partial charge is 0.463 e. The van der Waals surface area contributed by atoms with Crippen LogP contribution in [0.25, 0.3) is 0 Å². The van der Waals surface area contributed by atoms with Crippen LogP contribution >= 0.6 is 0 Å². The predicted molar refractivity (Wildman–Crippen MR) is 116 cm³/mol. The Balaban J connectivity index is 2.26. The van der Waals surface area contributed by atoms with Crippen LogP contribution in [0.4, 0.5) is 5.69 Å². The summed E-state index contributed by atoms with van der Waals surface area (Å²) >= 11 is 0. The van der Waals surface area contributed by atoms with Crippen molar-refractivity contribution in [2.75, 3.05) is 25.1 Å². The molecule has 0 saturated heterocycles. The van der Waals surface area contributed by atoms with Crippen molar-refractivity contribution in [1.82, 2.24) is 5.32 Å². The van der Waals surface area contributed by atoms with Gasteiger partial charge in [0.05, 0.1) is 24.4 Å². The number of nitrogens with one attached hydrogen (secondary N) is 2. The lowest BCUT2D eigenvalue weighted by atomic mass is 9.85. The number of benzene rings is 1. The zero-order valence-corrected chi connectivity index (χ0v) is 18.9. The molecule has 0 aliphatic carbocycles. The second-order valence-corrected chi connectivity index (χ2v) is 7.10. The van der Waals surface area contributed by atoms with E-state index in [0.29, 0.717) is 17.1 Å². The van der Waals surface area contributed by atoms with Crippen molar-refractivity contribution >= 4 is 29.5 Å². The number of esters is 3. The van der Waals surface area contributed by atoms with Crippen LogP contribution in [0.1, 0.15) is 33.3 Å². The minimum Gasteiger partial charge on any atom is -0.463 e. The molecule has 0 fully saturated rings. The van der Waals surface area contributed by atoms with Crippen molar-refractivity contribution in [3.05, 3.63) is 52.4 Å². The van der Waals surface area contributed by atoms with Gasteiger partial charge in [-0.15, -0.1) is 0 Å². The SMILES string of the molecule is CCOC(=O)C1=C(C)NC(C)=C(C(=O)OCC)C1C(=O)OCC(=O)Nc1cccc(C)c1. The Hall–Kier alpha value is -3.62. The molecule has 1 aromatic carbocycles. The van der Waals surface area contributed by atoms with Gasteiger partial charge in [0.25, 0.3) is 5.91 Å². The molecule has 0 atom stereocenters. The van der Waals surface area contributed by atoms with Gasteiger partial charge in [-0.2, -0.15) is 0 Å². The molecule has 1 heterocycles. The molecule has 2 rings (SSSR count). The second kappa shape index (κ2) is 11.1. The average Bonchev–Trinajstić information content (AvgIpc) is 2.71. The summed E-state index contributed by atoms with van der Waals surface area (Å²) in [6.07, 6.45) is 0. The van der Waals surface area contributed by atoms with E-state index in [9.17, 15) is 19.2 Å². The number of allylic oxidation sites excluding steroid dienone is 2. The van der Waals surface area contributed by atoms with Crippen LogP contribution in [0, 0.1) is 12.8 Å². The Bertz CT molecular complexity index is 938. The summed E-state index contributed by atoms with van der Waals surface area (Å²) in [6, 6.07) is 7.13. The summed E-state index contributed by atoms with van der Waals surface area (Å²) in [4.78, 5) is 50.5. The summed E-state index contributed by atoms with van der Waals surface area (Å²) < 4.78 is 15.3. The van der Waals surface area contributed by atoms with Gasteiger partial charge in [-0.3, -0.25) is 9.59 Å². The van der Waals surface area contributed by atoms with Crippen LogP contribution in [0.3, 0.4) is 0 Å². The van der Waals surface area contributed by atoms with Crippen LogP contribution in [0.2, 0.25) is 0 Å². The molecule has 2 N–H and O–H groups in total. The first-order valence-corrected chi connectivity index (χ1v) is 10.3. The number of dihydropyridines is 1. The number of anilines is 1. The molecule has 0 saturated carbocycles. The first-order chi connectivity index (χ1) is 15.2. The molecule has 0 radical (unpaired) electrons. The zero-order chi connectivity index (χ0) is 23.8. The Morgan fingerprint density at radius 1 is 0.906 bits per heavy atom. The molecule has 1 aliphatic heterocycles. The first kappa shape index (κ1) is 24.6. The number of ether oxygens (including phenoxy) is 3. The Morgan fingerprint density at radius 2 is 1.47 bits per heavy atom. The van der Waals surface area contributed by atoms with Gasteiger partial charge in [0.1, 0.15) is 5.92 Å². The zero-order valence-electron chi connectivity index (χ0n) is 18.9. The van der Waals surface area contributed by atoms with Crippen molar-refractivity contribution in [3.8, 4) is 0 Å². The monoisotopic (exact) mass is 444 g/mol. The van der Waals surface area contributed by atoms with E-state index in [1.807, 2.05) is 13.0 Å². The van der Waals surface area contributed by atoms with Crippen molar-refractivity contribution in [2.24, 2.45) is 5.92 Å². The minimum absolute atomic E-state index is 0.0652. The fourth-order valence-electron chi connectivity index (χ4n) is 3.33. The number of hydrogen-bond acceptors (Lipinski definition) is 8. The number of aryl methyl sites for hydroxylation is 1. The van der Waals surface area contributed by atoms with E-state index in [4.69, 9.17) is 14.2 Å². The maximum Gasteiger partial charge on any atom is 0.337 e. The highest BCUT2D eigenvalue weighted by molar-refractivity contribution is 6.06. The third-order valence-electron chi connectivity index (χ3n) is 4.63. The van der Waals surface area contributed by atoms with Gasteiger partial charge in [-0.05, 0) is 52.3 Å². The molecule has 172 valence electrons. The Labute approximate surface area is 186 Å². The molecule has 1 aromatic rings. The number of hydrogen-bond donors (Lipinski definition) is 2. The fraction of sp³-hybridized carbons (Fsp3) is 0.391. The van der Waals surface area contributed by atoms with Gasteiger partial charge < -0.3 is 24.8 Å². The van der Waals surface area contributed by atoms with Crippen LogP contribution < -0.4 is 10.6 Å². The van der Waals surface area contributed by atoms with Crippen molar-refractivity contribution in [2.45, 2.75) is 34.6 Å². The summed E-state index contributed by atoms with van der Waals surface area (Å²) in [5, 5.41) is 5.55. The lowest BCUT2D eigenvalue weighted by Crippen LogP contribution is -2.39. The molecule has 1 amide bonds. The quantitative estimate of drug-likeness (QED) is 0.463. The van der Waals surface area contributed by atoms with E-state index < -0.39 is 36.3 Å². The maximum absolute atomic E-state index is 13.0. The Kier molecular flexibility index (Phi) is 8.57. The van der Waals surface area contributed by atoms with E-state index in [2.05, 4.69) is 10.6 Å². The lowest BCUT2D eigenvalue weighted by molar-refractivity contribution is -0.153. The minimum atomic E-state index is -1.39. The lowest BCUT2D eigenvalue weighted by Gasteiger charge is -2.28. The standard InChI is InChI=1S/C23H28N2O7/c1-6-30-21(27)18-14(4)24-15(5)19(22(28)31-7-2)20(18)23(29)32-12-17(26)25-16-10-8-9-13(3)11-16/h8-11,20,24H,6-7,12H2,1-5H3,(H,25,26). The van der Waals surface area contributed by atoms with E-state index in [-0.39, 0.29) is 24.4 Å². The molecule has 0 unspecified atom stereocenters. The molecule has 0 spiro atoms. The summed E-state index contributed by atoms with van der Waals surface area (Å²) in [6.45, 7) is 7.86. The molecule has 0 aromatic heterocycles.